The van der Waals surface area contributed by atoms with Crippen molar-refractivity contribution in [3.8, 4) is 0 Å². The number of aromatic nitrogens is 2. The number of hydrogen-bond acceptors (Lipinski definition) is 5. The Morgan fingerprint density at radius 3 is 2.46 bits per heavy atom. The molecule has 3 amide bonds. The van der Waals surface area contributed by atoms with E-state index in [9.17, 15) is 19.2 Å². The Morgan fingerprint density at radius 2 is 1.73 bits per heavy atom. The van der Waals surface area contributed by atoms with Gasteiger partial charge in [0, 0.05) is 25.9 Å². The van der Waals surface area contributed by atoms with E-state index in [0.717, 1.165) is 56.7 Å². The summed E-state index contributed by atoms with van der Waals surface area (Å²) < 4.78 is 1.44. The van der Waals surface area contributed by atoms with Gasteiger partial charge in [-0.25, -0.2) is 4.98 Å². The minimum absolute atomic E-state index is 0.214. The van der Waals surface area contributed by atoms with E-state index in [1.165, 1.54) is 30.3 Å². The number of benzene rings is 1. The van der Waals surface area contributed by atoms with Crippen molar-refractivity contribution in [1.29, 1.82) is 0 Å². The first-order chi connectivity index (χ1) is 17.9. The van der Waals surface area contributed by atoms with Crippen LogP contribution < -0.4 is 10.9 Å². The van der Waals surface area contributed by atoms with Crippen molar-refractivity contribution in [3.05, 3.63) is 39.9 Å². The van der Waals surface area contributed by atoms with Crippen molar-refractivity contribution in [2.45, 2.75) is 90.0 Å². The number of piperidine rings is 2. The standard InChI is InChI=1S/C29H38N4O4/c1-19-30-24-10-8-22(18-23(24)29(37)33(19)25-11-12-26(34)31-28(25)36)7-6-21-14-16-32(17-15-21)27(35)13-9-20-4-2-3-5-20/h8,10,18,20-21,25H,2-7,9,11-17H2,1H3,(H,31,34,36). The summed E-state index contributed by atoms with van der Waals surface area (Å²) in [6.07, 6.45) is 11.5. The van der Waals surface area contributed by atoms with Crippen molar-refractivity contribution in [2.24, 2.45) is 11.8 Å². The van der Waals surface area contributed by atoms with Crippen LogP contribution in [-0.4, -0.2) is 45.3 Å². The summed E-state index contributed by atoms with van der Waals surface area (Å²) in [6, 6.07) is 5.12. The number of imide groups is 1. The maximum absolute atomic E-state index is 13.4. The third-order valence-electron chi connectivity index (χ3n) is 8.71. The van der Waals surface area contributed by atoms with E-state index in [2.05, 4.69) is 15.2 Å². The van der Waals surface area contributed by atoms with Crippen LogP contribution in [-0.2, 0) is 20.8 Å². The minimum atomic E-state index is -0.711. The van der Waals surface area contributed by atoms with Gasteiger partial charge in [-0.1, -0.05) is 31.7 Å². The Balaban J connectivity index is 1.18. The highest BCUT2D eigenvalue weighted by atomic mass is 16.2. The topological polar surface area (TPSA) is 101 Å². The Hall–Kier alpha value is -3.03. The zero-order chi connectivity index (χ0) is 25.9. The minimum Gasteiger partial charge on any atom is -0.343 e. The van der Waals surface area contributed by atoms with E-state index < -0.39 is 11.9 Å². The van der Waals surface area contributed by atoms with Crippen LogP contribution in [0.15, 0.2) is 23.0 Å². The van der Waals surface area contributed by atoms with Gasteiger partial charge in [0.05, 0.1) is 10.9 Å². The Bertz CT molecular complexity index is 1240. The second kappa shape index (κ2) is 11.2. The molecule has 2 aliphatic heterocycles. The number of aryl methyl sites for hydroxylation is 2. The maximum atomic E-state index is 13.4. The van der Waals surface area contributed by atoms with Crippen molar-refractivity contribution >= 4 is 28.6 Å². The van der Waals surface area contributed by atoms with Crippen LogP contribution in [0.25, 0.3) is 10.9 Å². The molecular weight excluding hydrogens is 468 g/mol. The fourth-order valence-electron chi connectivity index (χ4n) is 6.43. The van der Waals surface area contributed by atoms with Gasteiger partial charge in [0.25, 0.3) is 5.56 Å². The number of likely N-dealkylation sites (tertiary alicyclic amines) is 1. The molecule has 1 N–H and O–H groups in total. The summed E-state index contributed by atoms with van der Waals surface area (Å²) in [4.78, 5) is 56.6. The van der Waals surface area contributed by atoms with Crippen LogP contribution in [0.1, 0.15) is 88.1 Å². The molecule has 1 saturated carbocycles. The molecule has 3 fully saturated rings. The van der Waals surface area contributed by atoms with Gasteiger partial charge in [-0.3, -0.25) is 29.1 Å². The first kappa shape index (κ1) is 25.6. The van der Waals surface area contributed by atoms with E-state index in [1.54, 1.807) is 6.92 Å². The molecule has 0 bridgehead atoms. The van der Waals surface area contributed by atoms with Gasteiger partial charge in [-0.15, -0.1) is 0 Å². The van der Waals surface area contributed by atoms with Crippen LogP contribution in [0, 0.1) is 18.8 Å². The molecule has 1 unspecified atom stereocenters. The number of carbonyl (C=O) groups is 3. The van der Waals surface area contributed by atoms with Crippen LogP contribution in [0.4, 0.5) is 0 Å². The highest BCUT2D eigenvalue weighted by Gasteiger charge is 2.30. The zero-order valence-electron chi connectivity index (χ0n) is 21.8. The summed E-state index contributed by atoms with van der Waals surface area (Å²) in [5, 5.41) is 2.85. The number of nitrogens with zero attached hydrogens (tertiary/aromatic N) is 3. The quantitative estimate of drug-likeness (QED) is 0.575. The molecule has 37 heavy (non-hydrogen) atoms. The molecule has 2 saturated heterocycles. The highest BCUT2D eigenvalue weighted by Crippen LogP contribution is 2.30. The molecule has 1 aromatic heterocycles. The van der Waals surface area contributed by atoms with Gasteiger partial charge in [-0.2, -0.15) is 0 Å². The van der Waals surface area contributed by atoms with E-state index in [4.69, 9.17) is 0 Å². The number of carbonyl (C=O) groups excluding carboxylic acids is 3. The average molecular weight is 507 g/mol. The predicted octanol–water partition coefficient (Wildman–Crippen LogP) is 3.82. The van der Waals surface area contributed by atoms with Crippen molar-refractivity contribution in [2.75, 3.05) is 13.1 Å². The highest BCUT2D eigenvalue weighted by molar-refractivity contribution is 5.99. The van der Waals surface area contributed by atoms with Crippen LogP contribution in [0.3, 0.4) is 0 Å². The van der Waals surface area contributed by atoms with Gasteiger partial charge in [0.15, 0.2) is 0 Å². The summed E-state index contributed by atoms with van der Waals surface area (Å²) in [5.41, 5.74) is 1.47. The van der Waals surface area contributed by atoms with E-state index in [0.29, 0.717) is 41.4 Å². The van der Waals surface area contributed by atoms with Gasteiger partial charge in [0.1, 0.15) is 11.9 Å². The number of nitrogens with one attached hydrogen (secondary N) is 1. The molecular formula is C29H38N4O4. The predicted molar refractivity (Wildman–Crippen MR) is 141 cm³/mol. The molecule has 2 aromatic rings. The second-order valence-electron chi connectivity index (χ2n) is 11.2. The second-order valence-corrected chi connectivity index (χ2v) is 11.2. The molecule has 0 spiro atoms. The number of fused-ring (bicyclic) bond motifs is 1. The first-order valence-electron chi connectivity index (χ1n) is 14.0. The van der Waals surface area contributed by atoms with Crippen molar-refractivity contribution in [3.63, 3.8) is 0 Å². The number of hydrogen-bond donors (Lipinski definition) is 1. The molecule has 0 radical (unpaired) electrons. The van der Waals surface area contributed by atoms with Gasteiger partial charge < -0.3 is 4.90 Å². The van der Waals surface area contributed by atoms with Crippen molar-refractivity contribution < 1.29 is 14.4 Å². The molecule has 1 aromatic carbocycles. The Labute approximate surface area is 217 Å². The van der Waals surface area contributed by atoms with Crippen LogP contribution in [0.5, 0.6) is 0 Å². The van der Waals surface area contributed by atoms with E-state index in [1.807, 2.05) is 18.2 Å². The van der Waals surface area contributed by atoms with Gasteiger partial charge in [-0.05, 0) is 75.0 Å². The summed E-state index contributed by atoms with van der Waals surface area (Å²) >= 11 is 0. The summed E-state index contributed by atoms with van der Waals surface area (Å²) in [5.74, 6) is 1.39. The van der Waals surface area contributed by atoms with Gasteiger partial charge >= 0.3 is 0 Å². The smallest absolute Gasteiger partial charge is 0.262 e. The fraction of sp³-hybridized carbons (Fsp3) is 0.621. The number of rotatable bonds is 7. The van der Waals surface area contributed by atoms with E-state index in [-0.39, 0.29) is 17.9 Å². The molecule has 3 aliphatic rings. The normalized spacial score (nSPS) is 21.5. The van der Waals surface area contributed by atoms with Crippen molar-refractivity contribution in [1.82, 2.24) is 19.8 Å². The largest absolute Gasteiger partial charge is 0.343 e. The lowest BCUT2D eigenvalue weighted by Gasteiger charge is -2.32. The maximum Gasteiger partial charge on any atom is 0.262 e. The molecule has 8 heteroatoms. The average Bonchev–Trinajstić information content (AvgIpc) is 3.41. The molecule has 1 aliphatic carbocycles. The van der Waals surface area contributed by atoms with Crippen LogP contribution in [0.2, 0.25) is 0 Å². The van der Waals surface area contributed by atoms with E-state index >= 15 is 0 Å². The molecule has 1 atom stereocenters. The first-order valence-corrected chi connectivity index (χ1v) is 14.0. The molecule has 3 heterocycles. The number of amides is 3. The van der Waals surface area contributed by atoms with Crippen LogP contribution >= 0.6 is 0 Å². The zero-order valence-corrected chi connectivity index (χ0v) is 21.8. The summed E-state index contributed by atoms with van der Waals surface area (Å²) in [6.45, 7) is 3.43. The Kier molecular flexibility index (Phi) is 7.72. The fourth-order valence-corrected chi connectivity index (χ4v) is 6.43. The van der Waals surface area contributed by atoms with Gasteiger partial charge in [0.2, 0.25) is 17.7 Å². The third-order valence-corrected chi connectivity index (χ3v) is 8.71. The lowest BCUT2D eigenvalue weighted by Crippen LogP contribution is -2.45. The molecule has 198 valence electrons. The third kappa shape index (κ3) is 5.78. The Morgan fingerprint density at radius 1 is 1.00 bits per heavy atom. The SMILES string of the molecule is Cc1nc2ccc(CCC3CCN(C(=O)CCC4CCCC4)CC3)cc2c(=O)n1C1CCC(=O)NC1=O. The lowest BCUT2D eigenvalue weighted by atomic mass is 9.90. The summed E-state index contributed by atoms with van der Waals surface area (Å²) in [7, 11) is 0. The monoisotopic (exact) mass is 506 g/mol. The molecule has 8 nitrogen and oxygen atoms in total. The molecule has 5 rings (SSSR count). The lowest BCUT2D eigenvalue weighted by molar-refractivity contribution is -0.136.